The lowest BCUT2D eigenvalue weighted by Gasteiger charge is -2.31. The molecule has 0 aliphatic carbocycles. The monoisotopic (exact) mass is 345 g/mol. The molecule has 0 spiro atoms. The van der Waals surface area contributed by atoms with E-state index < -0.39 is 33.9 Å². The molecule has 11 heteroatoms. The molecule has 1 heterocycles. The lowest BCUT2D eigenvalue weighted by Crippen LogP contribution is -2.48. The lowest BCUT2D eigenvalue weighted by molar-refractivity contribution is -0.186. The molecule has 0 aromatic heterocycles. The molecule has 0 unspecified atom stereocenters. The second-order valence-electron chi connectivity index (χ2n) is 4.88. The van der Waals surface area contributed by atoms with Gasteiger partial charge in [0.1, 0.15) is 0 Å². The van der Waals surface area contributed by atoms with E-state index in [0.717, 1.165) is 0 Å². The van der Waals surface area contributed by atoms with Gasteiger partial charge in [0, 0.05) is 25.6 Å². The third-order valence-electron chi connectivity index (χ3n) is 3.38. The van der Waals surface area contributed by atoms with Crippen molar-refractivity contribution >= 4 is 21.8 Å². The van der Waals surface area contributed by atoms with E-state index in [4.69, 9.17) is 0 Å². The van der Waals surface area contributed by atoms with Crippen LogP contribution in [0.5, 0.6) is 0 Å². The Hall–Kier alpha value is -1.36. The summed E-state index contributed by atoms with van der Waals surface area (Å²) in [4.78, 5) is 23.5. The molecule has 0 aromatic carbocycles. The quantitative estimate of drug-likeness (QED) is 0.699. The summed E-state index contributed by atoms with van der Waals surface area (Å²) in [5.74, 6) is -3.10. The minimum absolute atomic E-state index is 0.0797. The highest BCUT2D eigenvalue weighted by atomic mass is 32.2. The van der Waals surface area contributed by atoms with Crippen LogP contribution in [0.4, 0.5) is 13.2 Å². The summed E-state index contributed by atoms with van der Waals surface area (Å²) in [5.41, 5.74) is 0. The molecule has 2 amide bonds. The molecule has 2 N–H and O–H groups in total. The fourth-order valence-corrected chi connectivity index (χ4v) is 2.65. The molecule has 0 atom stereocenters. The van der Waals surface area contributed by atoms with E-state index in [1.165, 1.54) is 7.05 Å². The smallest absolute Gasteiger partial charge is 0.355 e. The van der Waals surface area contributed by atoms with Gasteiger partial charge in [0.15, 0.2) is 0 Å². The highest BCUT2D eigenvalue weighted by Gasteiger charge is 2.43. The molecular weight excluding hydrogens is 327 g/mol. The number of hydrogen-bond acceptors (Lipinski definition) is 4. The minimum Gasteiger partial charge on any atom is -0.355 e. The molecule has 1 fully saturated rings. The zero-order valence-electron chi connectivity index (χ0n) is 11.9. The Morgan fingerprint density at radius 2 is 1.77 bits per heavy atom. The average Bonchev–Trinajstić information content (AvgIpc) is 2.45. The molecule has 22 heavy (non-hydrogen) atoms. The normalized spacial score (nSPS) is 17.4. The van der Waals surface area contributed by atoms with Crippen LogP contribution in [0.2, 0.25) is 0 Å². The lowest BCUT2D eigenvalue weighted by atomic mass is 9.96. The zero-order chi connectivity index (χ0) is 17.0. The standard InChI is InChI=1S/C11H18F3N3O4S/c1-15-22(20,21)7-4-16-9(18)8-2-5-17(6-3-8)10(19)11(12,13)14/h8,15H,2-7H2,1H3,(H,16,18). The largest absolute Gasteiger partial charge is 0.471 e. The number of carbonyl (C=O) groups excluding carboxylic acids is 2. The Morgan fingerprint density at radius 3 is 2.23 bits per heavy atom. The van der Waals surface area contributed by atoms with Crippen molar-refractivity contribution in [3.63, 3.8) is 0 Å². The summed E-state index contributed by atoms with van der Waals surface area (Å²) in [6.45, 7) is -0.375. The number of amides is 2. The summed E-state index contributed by atoms with van der Waals surface area (Å²) in [6.07, 6.45) is -4.67. The van der Waals surface area contributed by atoms with Gasteiger partial charge < -0.3 is 10.2 Å². The van der Waals surface area contributed by atoms with E-state index in [2.05, 4.69) is 10.0 Å². The second kappa shape index (κ2) is 7.27. The molecule has 1 aliphatic rings. The van der Waals surface area contributed by atoms with Crippen LogP contribution < -0.4 is 10.0 Å². The van der Waals surface area contributed by atoms with Crippen LogP contribution in [-0.2, 0) is 19.6 Å². The van der Waals surface area contributed by atoms with Gasteiger partial charge >= 0.3 is 12.1 Å². The molecule has 0 aromatic rings. The summed E-state index contributed by atoms with van der Waals surface area (Å²) in [5, 5.41) is 2.43. The number of rotatable bonds is 5. The van der Waals surface area contributed by atoms with E-state index in [-0.39, 0.29) is 38.2 Å². The fraction of sp³-hybridized carbons (Fsp3) is 0.818. The van der Waals surface area contributed by atoms with Crippen molar-refractivity contribution in [3.05, 3.63) is 0 Å². The number of likely N-dealkylation sites (tertiary alicyclic amines) is 1. The van der Waals surface area contributed by atoms with Crippen molar-refractivity contribution in [2.75, 3.05) is 32.4 Å². The number of sulfonamides is 1. The Balaban J connectivity index is 2.39. The van der Waals surface area contributed by atoms with Crippen LogP contribution in [0.3, 0.4) is 0 Å². The van der Waals surface area contributed by atoms with Gasteiger partial charge in [-0.1, -0.05) is 0 Å². The highest BCUT2D eigenvalue weighted by molar-refractivity contribution is 7.89. The van der Waals surface area contributed by atoms with Crippen molar-refractivity contribution in [3.8, 4) is 0 Å². The van der Waals surface area contributed by atoms with Crippen molar-refractivity contribution < 1.29 is 31.2 Å². The summed E-state index contributed by atoms with van der Waals surface area (Å²) in [7, 11) is -2.17. The van der Waals surface area contributed by atoms with Gasteiger partial charge in [-0.3, -0.25) is 9.59 Å². The Morgan fingerprint density at radius 1 is 1.23 bits per heavy atom. The van der Waals surface area contributed by atoms with Crippen LogP contribution in [0.1, 0.15) is 12.8 Å². The second-order valence-corrected chi connectivity index (χ2v) is 6.92. The van der Waals surface area contributed by atoms with Crippen LogP contribution >= 0.6 is 0 Å². The number of nitrogens with one attached hydrogen (secondary N) is 2. The Bertz CT molecular complexity index is 513. The van der Waals surface area contributed by atoms with Crippen molar-refractivity contribution in [1.82, 2.24) is 14.9 Å². The maximum absolute atomic E-state index is 12.3. The van der Waals surface area contributed by atoms with Crippen LogP contribution in [-0.4, -0.2) is 63.7 Å². The van der Waals surface area contributed by atoms with E-state index in [1.54, 1.807) is 0 Å². The van der Waals surface area contributed by atoms with Crippen molar-refractivity contribution in [2.45, 2.75) is 19.0 Å². The van der Waals surface area contributed by atoms with Gasteiger partial charge in [-0.2, -0.15) is 13.2 Å². The van der Waals surface area contributed by atoms with Gasteiger partial charge in [0.2, 0.25) is 15.9 Å². The van der Waals surface area contributed by atoms with Crippen molar-refractivity contribution in [1.29, 1.82) is 0 Å². The molecule has 1 aliphatic heterocycles. The minimum atomic E-state index is -4.91. The zero-order valence-corrected chi connectivity index (χ0v) is 12.8. The Kier molecular flexibility index (Phi) is 6.17. The summed E-state index contributed by atoms with van der Waals surface area (Å²) >= 11 is 0. The number of alkyl halides is 3. The van der Waals surface area contributed by atoms with E-state index >= 15 is 0 Å². The van der Waals surface area contributed by atoms with Gasteiger partial charge in [0.25, 0.3) is 0 Å². The summed E-state index contributed by atoms with van der Waals surface area (Å²) in [6, 6.07) is 0. The van der Waals surface area contributed by atoms with Crippen LogP contribution in [0, 0.1) is 5.92 Å². The Labute approximate surface area is 126 Å². The molecule has 1 saturated heterocycles. The number of hydrogen-bond donors (Lipinski definition) is 2. The molecule has 0 saturated carbocycles. The molecule has 0 radical (unpaired) electrons. The first kappa shape index (κ1) is 18.7. The SMILES string of the molecule is CNS(=O)(=O)CCNC(=O)C1CCN(C(=O)C(F)(F)F)CC1. The van der Waals surface area contributed by atoms with Gasteiger partial charge in [-0.05, 0) is 19.9 Å². The molecule has 7 nitrogen and oxygen atoms in total. The number of carbonyl (C=O) groups is 2. The maximum atomic E-state index is 12.3. The van der Waals surface area contributed by atoms with E-state index in [9.17, 15) is 31.2 Å². The molecular formula is C11H18F3N3O4S. The average molecular weight is 345 g/mol. The topological polar surface area (TPSA) is 95.6 Å². The van der Waals surface area contributed by atoms with Gasteiger partial charge in [-0.25, -0.2) is 13.1 Å². The van der Waals surface area contributed by atoms with Crippen LogP contribution in [0.15, 0.2) is 0 Å². The molecule has 0 bridgehead atoms. The van der Waals surface area contributed by atoms with Gasteiger partial charge in [-0.15, -0.1) is 0 Å². The first-order valence-corrected chi connectivity index (χ1v) is 8.27. The first-order valence-electron chi connectivity index (χ1n) is 6.62. The van der Waals surface area contributed by atoms with Crippen LogP contribution in [0.25, 0.3) is 0 Å². The third-order valence-corrected chi connectivity index (χ3v) is 4.74. The number of piperidine rings is 1. The predicted octanol–water partition coefficient (Wildman–Crippen LogP) is -0.547. The first-order chi connectivity index (χ1) is 10.1. The van der Waals surface area contributed by atoms with Crippen molar-refractivity contribution in [2.24, 2.45) is 5.92 Å². The summed E-state index contributed by atoms with van der Waals surface area (Å²) < 4.78 is 61.2. The molecule has 128 valence electrons. The number of halogens is 3. The highest BCUT2D eigenvalue weighted by Crippen LogP contribution is 2.23. The maximum Gasteiger partial charge on any atom is 0.471 e. The van der Waals surface area contributed by atoms with Gasteiger partial charge in [0.05, 0.1) is 5.75 Å². The van der Waals surface area contributed by atoms with E-state index in [1.807, 2.05) is 0 Å². The van der Waals surface area contributed by atoms with E-state index in [0.29, 0.717) is 4.90 Å². The third kappa shape index (κ3) is 5.44. The predicted molar refractivity (Wildman–Crippen MR) is 71.2 cm³/mol. The molecule has 1 rings (SSSR count). The fourth-order valence-electron chi connectivity index (χ4n) is 2.08. The number of nitrogens with zero attached hydrogens (tertiary/aromatic N) is 1.